The van der Waals surface area contributed by atoms with Gasteiger partial charge in [0, 0.05) is 6.54 Å². The summed E-state index contributed by atoms with van der Waals surface area (Å²) in [6.07, 6.45) is 2.64. The van der Waals surface area contributed by atoms with Crippen LogP contribution < -0.4 is 11.1 Å². The summed E-state index contributed by atoms with van der Waals surface area (Å²) >= 11 is 0. The molecule has 2 rings (SSSR count). The highest BCUT2D eigenvalue weighted by atomic mass is 15.1. The average molecular weight is 234 g/mol. The first-order valence-electron chi connectivity index (χ1n) is 5.66. The van der Waals surface area contributed by atoms with E-state index >= 15 is 0 Å². The lowest BCUT2D eigenvalue weighted by atomic mass is 9.92. The van der Waals surface area contributed by atoms with Crippen molar-refractivity contribution >= 4 is 22.9 Å². The molecule has 0 radical (unpaired) electrons. The van der Waals surface area contributed by atoms with Crippen LogP contribution in [0.15, 0.2) is 6.33 Å². The fraction of sp³-hybridized carbons (Fsp3) is 0.545. The van der Waals surface area contributed by atoms with Gasteiger partial charge < -0.3 is 16.0 Å². The zero-order chi connectivity index (χ0) is 12.5. The number of aromatic nitrogens is 4. The molecule has 17 heavy (non-hydrogen) atoms. The summed E-state index contributed by atoms with van der Waals surface area (Å²) in [6, 6.07) is 0. The smallest absolute Gasteiger partial charge is 0.224 e. The number of aromatic amines is 1. The highest BCUT2D eigenvalue weighted by molar-refractivity contribution is 5.83. The highest BCUT2D eigenvalue weighted by Gasteiger charge is 2.11. The van der Waals surface area contributed by atoms with E-state index in [1.807, 2.05) is 0 Å². The predicted octanol–water partition coefficient (Wildman–Crippen LogP) is 1.78. The monoisotopic (exact) mass is 234 g/mol. The van der Waals surface area contributed by atoms with E-state index in [9.17, 15) is 0 Å². The summed E-state index contributed by atoms with van der Waals surface area (Å²) in [6.45, 7) is 7.45. The van der Waals surface area contributed by atoms with Crippen molar-refractivity contribution in [2.75, 3.05) is 17.6 Å². The minimum Gasteiger partial charge on any atom is -0.368 e. The first kappa shape index (κ1) is 11.6. The number of fused-ring (bicyclic) bond motifs is 1. The maximum atomic E-state index is 5.63. The number of nitrogens with one attached hydrogen (secondary N) is 2. The molecule has 2 heterocycles. The van der Waals surface area contributed by atoms with Crippen molar-refractivity contribution in [3.63, 3.8) is 0 Å². The number of nitrogens with two attached hydrogens (primary N) is 1. The Balaban J connectivity index is 2.15. The van der Waals surface area contributed by atoms with Crippen LogP contribution in [0.5, 0.6) is 0 Å². The number of nitrogen functional groups attached to an aromatic ring is 1. The van der Waals surface area contributed by atoms with Crippen LogP contribution in [0.4, 0.5) is 11.8 Å². The fourth-order valence-electron chi connectivity index (χ4n) is 1.53. The molecule has 0 unspecified atom stereocenters. The van der Waals surface area contributed by atoms with Crippen LogP contribution in [-0.4, -0.2) is 26.5 Å². The molecule has 0 bridgehead atoms. The van der Waals surface area contributed by atoms with E-state index in [0.717, 1.165) is 18.5 Å². The van der Waals surface area contributed by atoms with E-state index in [1.165, 1.54) is 0 Å². The molecule has 0 aliphatic rings. The fourth-order valence-corrected chi connectivity index (χ4v) is 1.53. The summed E-state index contributed by atoms with van der Waals surface area (Å²) in [5, 5.41) is 3.27. The van der Waals surface area contributed by atoms with Gasteiger partial charge in [0.05, 0.1) is 6.33 Å². The van der Waals surface area contributed by atoms with Gasteiger partial charge in [-0.15, -0.1) is 0 Å². The van der Waals surface area contributed by atoms with Crippen LogP contribution >= 0.6 is 0 Å². The maximum absolute atomic E-state index is 5.63. The number of anilines is 2. The summed E-state index contributed by atoms with van der Waals surface area (Å²) in [5.74, 6) is 0.956. The molecule has 2 aromatic heterocycles. The predicted molar refractivity (Wildman–Crippen MR) is 68.7 cm³/mol. The molecule has 92 valence electrons. The molecule has 4 N–H and O–H groups in total. The molecule has 0 atom stereocenters. The molecular weight excluding hydrogens is 216 g/mol. The lowest BCUT2D eigenvalue weighted by Gasteiger charge is -2.18. The molecule has 6 heteroatoms. The topological polar surface area (TPSA) is 92.5 Å². The highest BCUT2D eigenvalue weighted by Crippen LogP contribution is 2.20. The zero-order valence-electron chi connectivity index (χ0n) is 10.4. The summed E-state index contributed by atoms with van der Waals surface area (Å²) in [4.78, 5) is 15.3. The van der Waals surface area contributed by atoms with Gasteiger partial charge >= 0.3 is 0 Å². The van der Waals surface area contributed by atoms with Crippen molar-refractivity contribution in [1.29, 1.82) is 0 Å². The van der Waals surface area contributed by atoms with E-state index in [4.69, 9.17) is 5.73 Å². The second kappa shape index (κ2) is 4.20. The van der Waals surface area contributed by atoms with E-state index in [-0.39, 0.29) is 5.95 Å². The average Bonchev–Trinajstić information content (AvgIpc) is 2.63. The first-order chi connectivity index (χ1) is 7.96. The standard InChI is InChI=1S/C11H18N6/c1-11(2,3)4-5-13-8-7-9(15-6-14-7)17-10(12)16-8/h6H,4-5H2,1-3H3,(H4,12,13,14,15,16,17). The van der Waals surface area contributed by atoms with Crippen molar-refractivity contribution in [1.82, 2.24) is 19.9 Å². The van der Waals surface area contributed by atoms with Crippen LogP contribution in [0.1, 0.15) is 27.2 Å². The Morgan fingerprint density at radius 2 is 2.12 bits per heavy atom. The van der Waals surface area contributed by atoms with E-state index in [0.29, 0.717) is 16.9 Å². The Morgan fingerprint density at radius 1 is 1.35 bits per heavy atom. The molecule has 0 spiro atoms. The van der Waals surface area contributed by atoms with Crippen LogP contribution in [0.3, 0.4) is 0 Å². The van der Waals surface area contributed by atoms with Crippen LogP contribution in [0.25, 0.3) is 11.2 Å². The molecular formula is C11H18N6. The lowest BCUT2D eigenvalue weighted by molar-refractivity contribution is 0.389. The third kappa shape index (κ3) is 2.83. The van der Waals surface area contributed by atoms with Crippen molar-refractivity contribution in [3.05, 3.63) is 6.33 Å². The van der Waals surface area contributed by atoms with Crippen molar-refractivity contribution in [3.8, 4) is 0 Å². The molecule has 0 aliphatic heterocycles. The van der Waals surface area contributed by atoms with E-state index < -0.39 is 0 Å². The van der Waals surface area contributed by atoms with Crippen LogP contribution in [-0.2, 0) is 0 Å². The normalized spacial score (nSPS) is 11.9. The van der Waals surface area contributed by atoms with Gasteiger partial charge in [0.25, 0.3) is 0 Å². The van der Waals surface area contributed by atoms with Crippen LogP contribution in [0.2, 0.25) is 0 Å². The van der Waals surface area contributed by atoms with Crippen LogP contribution in [0, 0.1) is 5.41 Å². The Morgan fingerprint density at radius 3 is 2.82 bits per heavy atom. The zero-order valence-corrected chi connectivity index (χ0v) is 10.4. The minimum absolute atomic E-state index is 0.239. The number of rotatable bonds is 3. The molecule has 0 saturated carbocycles. The molecule has 6 nitrogen and oxygen atoms in total. The van der Waals surface area contributed by atoms with Gasteiger partial charge in [-0.25, -0.2) is 4.98 Å². The minimum atomic E-state index is 0.239. The molecule has 0 aliphatic carbocycles. The van der Waals surface area contributed by atoms with E-state index in [2.05, 4.69) is 46.0 Å². The van der Waals surface area contributed by atoms with Gasteiger partial charge in [-0.3, -0.25) is 0 Å². The second-order valence-corrected chi connectivity index (χ2v) is 5.27. The van der Waals surface area contributed by atoms with Gasteiger partial charge in [-0.1, -0.05) is 20.8 Å². The quantitative estimate of drug-likeness (QED) is 0.752. The number of hydrogen-bond acceptors (Lipinski definition) is 5. The summed E-state index contributed by atoms with van der Waals surface area (Å²) in [7, 11) is 0. The second-order valence-electron chi connectivity index (χ2n) is 5.27. The third-order valence-corrected chi connectivity index (χ3v) is 2.47. The lowest BCUT2D eigenvalue weighted by Crippen LogP contribution is -2.14. The van der Waals surface area contributed by atoms with Gasteiger partial charge in [0.15, 0.2) is 11.5 Å². The number of nitrogens with zero attached hydrogens (tertiary/aromatic N) is 3. The molecule has 0 fully saturated rings. The third-order valence-electron chi connectivity index (χ3n) is 2.47. The largest absolute Gasteiger partial charge is 0.368 e. The number of H-pyrrole nitrogens is 1. The Labute approximate surface area is 100 Å². The Hall–Kier alpha value is -1.85. The molecule has 0 saturated heterocycles. The summed E-state index contributed by atoms with van der Waals surface area (Å²) < 4.78 is 0. The Bertz CT molecular complexity index is 510. The Kier molecular flexibility index (Phi) is 2.87. The number of imidazole rings is 1. The van der Waals surface area contributed by atoms with Gasteiger partial charge in [-0.05, 0) is 11.8 Å². The van der Waals surface area contributed by atoms with Gasteiger partial charge in [-0.2, -0.15) is 9.97 Å². The van der Waals surface area contributed by atoms with Crippen molar-refractivity contribution in [2.24, 2.45) is 5.41 Å². The molecule has 0 aromatic carbocycles. The van der Waals surface area contributed by atoms with Crippen molar-refractivity contribution in [2.45, 2.75) is 27.2 Å². The van der Waals surface area contributed by atoms with Crippen molar-refractivity contribution < 1.29 is 0 Å². The maximum Gasteiger partial charge on any atom is 0.224 e. The number of hydrogen-bond donors (Lipinski definition) is 3. The molecule has 2 aromatic rings. The molecule has 0 amide bonds. The summed E-state index contributed by atoms with van der Waals surface area (Å²) in [5.41, 5.74) is 7.31. The van der Waals surface area contributed by atoms with Gasteiger partial charge in [0.2, 0.25) is 5.95 Å². The first-order valence-corrected chi connectivity index (χ1v) is 5.66. The van der Waals surface area contributed by atoms with E-state index in [1.54, 1.807) is 6.33 Å². The SMILES string of the molecule is CC(C)(C)CCNc1nc(N)nc2nc[nH]c12. The van der Waals surface area contributed by atoms with Gasteiger partial charge in [0.1, 0.15) is 5.52 Å².